The SMILES string of the molecule is NCCC(N)CC1CC1. The number of hydrogen-bond donors (Lipinski definition) is 2. The van der Waals surface area contributed by atoms with Crippen LogP contribution in [0.3, 0.4) is 0 Å². The Morgan fingerprint density at radius 2 is 2.11 bits per heavy atom. The minimum Gasteiger partial charge on any atom is -0.330 e. The average molecular weight is 128 g/mol. The summed E-state index contributed by atoms with van der Waals surface area (Å²) < 4.78 is 0. The molecule has 0 bridgehead atoms. The van der Waals surface area contributed by atoms with E-state index >= 15 is 0 Å². The lowest BCUT2D eigenvalue weighted by Gasteiger charge is -2.07. The molecule has 9 heavy (non-hydrogen) atoms. The molecular formula is C7H16N2. The van der Waals surface area contributed by atoms with Gasteiger partial charge in [-0.3, -0.25) is 0 Å². The first kappa shape index (κ1) is 7.03. The fourth-order valence-electron chi connectivity index (χ4n) is 1.11. The van der Waals surface area contributed by atoms with E-state index in [1.54, 1.807) is 0 Å². The van der Waals surface area contributed by atoms with Gasteiger partial charge in [0.05, 0.1) is 0 Å². The van der Waals surface area contributed by atoms with Crippen molar-refractivity contribution in [2.45, 2.75) is 31.7 Å². The van der Waals surface area contributed by atoms with E-state index in [2.05, 4.69) is 0 Å². The Morgan fingerprint density at radius 3 is 2.56 bits per heavy atom. The van der Waals surface area contributed by atoms with Crippen LogP contribution in [-0.2, 0) is 0 Å². The van der Waals surface area contributed by atoms with Gasteiger partial charge in [0.25, 0.3) is 0 Å². The fraction of sp³-hybridized carbons (Fsp3) is 1.00. The molecule has 1 aliphatic carbocycles. The third kappa shape index (κ3) is 2.82. The summed E-state index contributed by atoms with van der Waals surface area (Å²) in [5, 5.41) is 0. The molecule has 4 N–H and O–H groups in total. The standard InChI is InChI=1S/C7H16N2/c8-4-3-7(9)5-6-1-2-6/h6-7H,1-5,8-9H2. The summed E-state index contributed by atoms with van der Waals surface area (Å²) in [5.74, 6) is 0.951. The molecule has 0 aromatic heterocycles. The summed E-state index contributed by atoms with van der Waals surface area (Å²) in [4.78, 5) is 0. The molecule has 0 heterocycles. The lowest BCUT2D eigenvalue weighted by atomic mass is 10.1. The minimum absolute atomic E-state index is 0.377. The molecule has 2 nitrogen and oxygen atoms in total. The van der Waals surface area contributed by atoms with Crippen LogP contribution in [0.5, 0.6) is 0 Å². The van der Waals surface area contributed by atoms with Crippen molar-refractivity contribution in [2.24, 2.45) is 17.4 Å². The van der Waals surface area contributed by atoms with E-state index in [-0.39, 0.29) is 0 Å². The lowest BCUT2D eigenvalue weighted by molar-refractivity contribution is 0.540. The maximum absolute atomic E-state index is 5.75. The van der Waals surface area contributed by atoms with Crippen molar-refractivity contribution in [1.29, 1.82) is 0 Å². The van der Waals surface area contributed by atoms with Gasteiger partial charge in [0.15, 0.2) is 0 Å². The number of hydrogen-bond acceptors (Lipinski definition) is 2. The van der Waals surface area contributed by atoms with Crippen LogP contribution in [-0.4, -0.2) is 12.6 Å². The largest absolute Gasteiger partial charge is 0.330 e. The van der Waals surface area contributed by atoms with Gasteiger partial charge in [0.1, 0.15) is 0 Å². The monoisotopic (exact) mass is 128 g/mol. The minimum atomic E-state index is 0.377. The summed E-state index contributed by atoms with van der Waals surface area (Å²) in [5.41, 5.74) is 11.1. The zero-order valence-electron chi connectivity index (χ0n) is 5.84. The van der Waals surface area contributed by atoms with Crippen LogP contribution in [0.15, 0.2) is 0 Å². The predicted molar refractivity (Wildman–Crippen MR) is 39.0 cm³/mol. The molecule has 1 fully saturated rings. The van der Waals surface area contributed by atoms with Crippen LogP contribution in [0.2, 0.25) is 0 Å². The van der Waals surface area contributed by atoms with Crippen molar-refractivity contribution in [3.63, 3.8) is 0 Å². The van der Waals surface area contributed by atoms with Crippen LogP contribution in [0, 0.1) is 5.92 Å². The van der Waals surface area contributed by atoms with Gasteiger partial charge in [0, 0.05) is 6.04 Å². The second-order valence-corrected chi connectivity index (χ2v) is 3.02. The maximum Gasteiger partial charge on any atom is 0.00534 e. The van der Waals surface area contributed by atoms with Crippen LogP contribution in [0.4, 0.5) is 0 Å². The molecule has 54 valence electrons. The molecule has 0 spiro atoms. The first-order valence-corrected chi connectivity index (χ1v) is 3.78. The van der Waals surface area contributed by atoms with E-state index in [1.807, 2.05) is 0 Å². The van der Waals surface area contributed by atoms with Gasteiger partial charge in [0.2, 0.25) is 0 Å². The van der Waals surface area contributed by atoms with Crippen molar-refractivity contribution < 1.29 is 0 Å². The zero-order chi connectivity index (χ0) is 6.69. The first-order valence-electron chi connectivity index (χ1n) is 3.78. The maximum atomic E-state index is 5.75. The fourth-order valence-corrected chi connectivity index (χ4v) is 1.11. The van der Waals surface area contributed by atoms with Crippen molar-refractivity contribution in [2.75, 3.05) is 6.54 Å². The third-order valence-corrected chi connectivity index (χ3v) is 1.87. The molecular weight excluding hydrogens is 112 g/mol. The van der Waals surface area contributed by atoms with Crippen molar-refractivity contribution >= 4 is 0 Å². The van der Waals surface area contributed by atoms with Crippen LogP contribution >= 0.6 is 0 Å². The number of nitrogens with two attached hydrogens (primary N) is 2. The van der Waals surface area contributed by atoms with E-state index in [1.165, 1.54) is 19.3 Å². The van der Waals surface area contributed by atoms with Crippen LogP contribution in [0.25, 0.3) is 0 Å². The highest BCUT2D eigenvalue weighted by Crippen LogP contribution is 2.33. The van der Waals surface area contributed by atoms with Gasteiger partial charge >= 0.3 is 0 Å². The van der Waals surface area contributed by atoms with Crippen molar-refractivity contribution in [1.82, 2.24) is 0 Å². The summed E-state index contributed by atoms with van der Waals surface area (Å²) in [6.07, 6.45) is 5.00. The quantitative estimate of drug-likeness (QED) is 0.578. The molecule has 1 saturated carbocycles. The lowest BCUT2D eigenvalue weighted by Crippen LogP contribution is -2.23. The normalized spacial score (nSPS) is 22.0. The van der Waals surface area contributed by atoms with E-state index in [4.69, 9.17) is 11.5 Å². The topological polar surface area (TPSA) is 52.0 Å². The Morgan fingerprint density at radius 1 is 1.44 bits per heavy atom. The van der Waals surface area contributed by atoms with Gasteiger partial charge < -0.3 is 11.5 Å². The van der Waals surface area contributed by atoms with Gasteiger partial charge in [-0.2, -0.15) is 0 Å². The highest BCUT2D eigenvalue weighted by atomic mass is 14.7. The van der Waals surface area contributed by atoms with E-state index in [0.29, 0.717) is 6.04 Å². The van der Waals surface area contributed by atoms with Gasteiger partial charge in [-0.05, 0) is 25.3 Å². The second-order valence-electron chi connectivity index (χ2n) is 3.02. The molecule has 0 saturated heterocycles. The molecule has 0 aromatic carbocycles. The molecule has 1 atom stereocenters. The molecule has 0 amide bonds. The first-order chi connectivity index (χ1) is 4.33. The molecule has 0 aliphatic heterocycles. The van der Waals surface area contributed by atoms with E-state index < -0.39 is 0 Å². The highest BCUT2D eigenvalue weighted by Gasteiger charge is 2.23. The van der Waals surface area contributed by atoms with Crippen LogP contribution < -0.4 is 11.5 Å². The molecule has 2 heteroatoms. The molecule has 1 unspecified atom stereocenters. The Bertz CT molecular complexity index is 79.0. The third-order valence-electron chi connectivity index (χ3n) is 1.87. The average Bonchev–Trinajstić information content (AvgIpc) is 2.50. The van der Waals surface area contributed by atoms with Gasteiger partial charge in [-0.25, -0.2) is 0 Å². The Hall–Kier alpha value is -0.0800. The van der Waals surface area contributed by atoms with Gasteiger partial charge in [-0.15, -0.1) is 0 Å². The van der Waals surface area contributed by atoms with E-state index in [0.717, 1.165) is 18.9 Å². The molecule has 1 aliphatic rings. The summed E-state index contributed by atoms with van der Waals surface area (Å²) in [6, 6.07) is 0.377. The molecule has 0 aromatic rings. The van der Waals surface area contributed by atoms with Crippen molar-refractivity contribution in [3.8, 4) is 0 Å². The van der Waals surface area contributed by atoms with E-state index in [9.17, 15) is 0 Å². The predicted octanol–water partition coefficient (Wildman–Crippen LogP) is 0.463. The number of rotatable bonds is 4. The summed E-state index contributed by atoms with van der Waals surface area (Å²) in [6.45, 7) is 0.744. The Labute approximate surface area is 56.6 Å². The van der Waals surface area contributed by atoms with Crippen LogP contribution in [0.1, 0.15) is 25.7 Å². The second kappa shape index (κ2) is 3.18. The van der Waals surface area contributed by atoms with Gasteiger partial charge in [-0.1, -0.05) is 12.8 Å². The smallest absolute Gasteiger partial charge is 0.00534 e. The summed E-state index contributed by atoms with van der Waals surface area (Å²) >= 11 is 0. The zero-order valence-corrected chi connectivity index (χ0v) is 5.84. The summed E-state index contributed by atoms with van der Waals surface area (Å²) in [7, 11) is 0. The Balaban J connectivity index is 1.95. The molecule has 0 radical (unpaired) electrons. The van der Waals surface area contributed by atoms with Crippen molar-refractivity contribution in [3.05, 3.63) is 0 Å². The highest BCUT2D eigenvalue weighted by molar-refractivity contribution is 4.78. The molecule has 1 rings (SSSR count). The Kier molecular flexibility index (Phi) is 2.49.